The van der Waals surface area contributed by atoms with Gasteiger partial charge in [0.25, 0.3) is 0 Å². The minimum absolute atomic E-state index is 0.00282. The van der Waals surface area contributed by atoms with E-state index in [0.717, 1.165) is 12.8 Å². The molecule has 0 N–H and O–H groups in total. The summed E-state index contributed by atoms with van der Waals surface area (Å²) in [5.41, 5.74) is 25.9. The lowest BCUT2D eigenvalue weighted by Gasteiger charge is -2.49. The summed E-state index contributed by atoms with van der Waals surface area (Å²) in [6, 6.07) is 53.9. The molecule has 1 aliphatic carbocycles. The molecule has 3 heterocycles. The highest BCUT2D eigenvalue weighted by Crippen LogP contribution is 2.57. The van der Waals surface area contributed by atoms with Gasteiger partial charge in [0.05, 0.1) is 11.7 Å². The van der Waals surface area contributed by atoms with Gasteiger partial charge in [0, 0.05) is 38.4 Å². The Balaban J connectivity index is 1.22. The molecule has 0 radical (unpaired) electrons. The molecule has 362 valence electrons. The molecule has 0 aromatic heterocycles. The molecule has 0 bridgehead atoms. The summed E-state index contributed by atoms with van der Waals surface area (Å²) in [5, 5.41) is 0.236. The first kappa shape index (κ1) is 47.9. The standard InChI is InChI=1S/C67H75BN2S/c1-63(2,3)44-26-30-49(31-27-44)69-56-23-18-24-57-60(56)68(62-61(69)53-40-46(65(7,8)9)29-34-59(53)71-62)54-32-25-42(43-35-47(66(10,11)12)38-48(36-43)67(13,14)15)37-58(54)70(57)55-33-28-45(64(4,5)6)39-52(55)51-22-17-20-41-19-16-21-50(41)51/h17-18,20,22-40,61-62H,16,19,21H2,1-15H3. The summed E-state index contributed by atoms with van der Waals surface area (Å²) >= 11 is 2.11. The van der Waals surface area contributed by atoms with Crippen molar-refractivity contribution in [3.8, 4) is 22.3 Å². The predicted molar refractivity (Wildman–Crippen MR) is 310 cm³/mol. The lowest BCUT2D eigenvalue weighted by Crippen LogP contribution is -2.62. The molecule has 4 heteroatoms. The third-order valence-corrected chi connectivity index (χ3v) is 17.8. The second kappa shape index (κ2) is 16.5. The van der Waals surface area contributed by atoms with Gasteiger partial charge in [0.1, 0.15) is 0 Å². The molecular weight excluding hydrogens is 876 g/mol. The molecular formula is C67H75BN2S. The van der Waals surface area contributed by atoms with Crippen molar-refractivity contribution in [3.05, 3.63) is 178 Å². The number of fused-ring (bicyclic) bond motifs is 7. The molecule has 11 rings (SSSR count). The monoisotopic (exact) mass is 951 g/mol. The molecule has 0 fully saturated rings. The van der Waals surface area contributed by atoms with E-state index < -0.39 is 0 Å². The first-order valence-electron chi connectivity index (χ1n) is 26.6. The van der Waals surface area contributed by atoms with E-state index in [1.54, 1.807) is 0 Å². The van der Waals surface area contributed by atoms with Crippen molar-refractivity contribution in [2.45, 2.75) is 166 Å². The second-order valence-electron chi connectivity index (χ2n) is 26.6. The van der Waals surface area contributed by atoms with E-state index >= 15 is 0 Å². The van der Waals surface area contributed by atoms with Gasteiger partial charge in [0.15, 0.2) is 0 Å². The quantitative estimate of drug-likeness (QED) is 0.162. The van der Waals surface area contributed by atoms with E-state index in [1.165, 1.54) is 117 Å². The van der Waals surface area contributed by atoms with Crippen LogP contribution in [0.1, 0.15) is 161 Å². The van der Waals surface area contributed by atoms with Gasteiger partial charge in [-0.05, 0) is 167 Å². The highest BCUT2D eigenvalue weighted by atomic mass is 32.2. The lowest BCUT2D eigenvalue weighted by molar-refractivity contribution is 0.569. The number of thioether (sulfide) groups is 1. The molecule has 7 aromatic carbocycles. The Labute approximate surface area is 431 Å². The van der Waals surface area contributed by atoms with Gasteiger partial charge < -0.3 is 9.80 Å². The second-order valence-corrected chi connectivity index (χ2v) is 27.8. The summed E-state index contributed by atoms with van der Waals surface area (Å²) < 4.78 is 0. The van der Waals surface area contributed by atoms with Gasteiger partial charge in [-0.15, -0.1) is 11.8 Å². The summed E-state index contributed by atoms with van der Waals surface area (Å²) in [6.45, 7) is 35.4. The maximum absolute atomic E-state index is 2.75. The van der Waals surface area contributed by atoms with Gasteiger partial charge in [-0.25, -0.2) is 0 Å². The zero-order valence-corrected chi connectivity index (χ0v) is 46.2. The number of benzene rings is 7. The maximum Gasteiger partial charge on any atom is 0.233 e. The topological polar surface area (TPSA) is 6.48 Å². The van der Waals surface area contributed by atoms with Crippen LogP contribution in [0.3, 0.4) is 0 Å². The minimum Gasteiger partial charge on any atom is -0.334 e. The highest BCUT2D eigenvalue weighted by Gasteiger charge is 2.54. The fraction of sp³-hybridized carbons (Fsp3) is 0.373. The Hall–Kier alpha value is -5.45. The fourth-order valence-corrected chi connectivity index (χ4v) is 13.7. The van der Waals surface area contributed by atoms with Crippen LogP contribution < -0.4 is 20.7 Å². The molecule has 0 spiro atoms. The van der Waals surface area contributed by atoms with E-state index in [4.69, 9.17) is 0 Å². The average molecular weight is 951 g/mol. The van der Waals surface area contributed by atoms with Crippen LogP contribution in [0.4, 0.5) is 28.4 Å². The van der Waals surface area contributed by atoms with Gasteiger partial charge in [0.2, 0.25) is 6.71 Å². The largest absolute Gasteiger partial charge is 0.334 e. The molecule has 2 unspecified atom stereocenters. The third-order valence-electron chi connectivity index (χ3n) is 16.4. The van der Waals surface area contributed by atoms with Crippen molar-refractivity contribution in [1.82, 2.24) is 0 Å². The third kappa shape index (κ3) is 8.20. The van der Waals surface area contributed by atoms with Crippen molar-refractivity contribution in [3.63, 3.8) is 0 Å². The molecule has 3 aliphatic heterocycles. The summed E-state index contributed by atoms with van der Waals surface area (Å²) in [4.78, 5) is 6.86. The first-order valence-corrected chi connectivity index (χ1v) is 27.4. The minimum atomic E-state index is -0.0162. The van der Waals surface area contributed by atoms with Crippen molar-refractivity contribution >= 4 is 57.8 Å². The van der Waals surface area contributed by atoms with Crippen molar-refractivity contribution in [1.29, 1.82) is 0 Å². The Morgan fingerprint density at radius 1 is 0.465 bits per heavy atom. The molecule has 0 saturated carbocycles. The number of hydrogen-bond acceptors (Lipinski definition) is 3. The van der Waals surface area contributed by atoms with E-state index in [0.29, 0.717) is 0 Å². The van der Waals surface area contributed by atoms with E-state index in [9.17, 15) is 0 Å². The Kier molecular flexibility index (Phi) is 11.1. The number of aryl methyl sites for hydroxylation is 1. The van der Waals surface area contributed by atoms with Gasteiger partial charge >= 0.3 is 0 Å². The van der Waals surface area contributed by atoms with Crippen LogP contribution in [-0.2, 0) is 39.9 Å². The number of nitrogens with zero attached hydrogens (tertiary/aromatic N) is 2. The zero-order chi connectivity index (χ0) is 50.3. The first-order chi connectivity index (χ1) is 33.4. The SMILES string of the molecule is CC(C)(C)c1ccc(N2c3cccc4c3B(c3ccc(-c5cc(C(C)(C)C)cc(C(C)(C)C)c5)cc3N4c3ccc(C(C)(C)C)cc3-c3cccc4c3CCC4)C3Sc4ccc(C(C)(C)C)cc4C32)cc1. The number of rotatable bonds is 4. The van der Waals surface area contributed by atoms with Gasteiger partial charge in [-0.1, -0.05) is 189 Å². The van der Waals surface area contributed by atoms with E-state index in [-0.39, 0.29) is 45.0 Å². The molecule has 2 nitrogen and oxygen atoms in total. The van der Waals surface area contributed by atoms with Crippen molar-refractivity contribution in [2.75, 3.05) is 9.80 Å². The smallest absolute Gasteiger partial charge is 0.233 e. The Morgan fingerprint density at radius 3 is 1.73 bits per heavy atom. The number of hydrogen-bond donors (Lipinski definition) is 0. The highest BCUT2D eigenvalue weighted by molar-refractivity contribution is 8.02. The van der Waals surface area contributed by atoms with Crippen LogP contribution in [0.15, 0.2) is 138 Å². The fourth-order valence-electron chi connectivity index (χ4n) is 12.1. The van der Waals surface area contributed by atoms with Crippen LogP contribution in [0.25, 0.3) is 22.3 Å². The molecule has 0 saturated heterocycles. The lowest BCUT2D eigenvalue weighted by atomic mass is 9.33. The molecule has 7 aromatic rings. The predicted octanol–water partition coefficient (Wildman–Crippen LogP) is 17.3. The van der Waals surface area contributed by atoms with Crippen LogP contribution in [0, 0.1) is 0 Å². The molecule has 4 aliphatic rings. The van der Waals surface area contributed by atoms with Crippen molar-refractivity contribution < 1.29 is 0 Å². The van der Waals surface area contributed by atoms with Crippen LogP contribution >= 0.6 is 11.8 Å². The average Bonchev–Trinajstić information content (AvgIpc) is 3.95. The molecule has 71 heavy (non-hydrogen) atoms. The van der Waals surface area contributed by atoms with Crippen molar-refractivity contribution in [2.24, 2.45) is 0 Å². The van der Waals surface area contributed by atoms with Crippen LogP contribution in [0.5, 0.6) is 0 Å². The van der Waals surface area contributed by atoms with Crippen LogP contribution in [0.2, 0.25) is 0 Å². The normalized spacial score (nSPS) is 17.5. The maximum atomic E-state index is 2.75. The van der Waals surface area contributed by atoms with E-state index in [2.05, 4.69) is 259 Å². The van der Waals surface area contributed by atoms with Gasteiger partial charge in [-0.3, -0.25) is 0 Å². The summed E-state index contributed by atoms with van der Waals surface area (Å²) in [6.07, 6.45) is 3.48. The Morgan fingerprint density at radius 2 is 1.07 bits per heavy atom. The molecule has 0 amide bonds. The summed E-state index contributed by atoms with van der Waals surface area (Å²) in [7, 11) is 0. The summed E-state index contributed by atoms with van der Waals surface area (Å²) in [5.74, 6) is 0. The van der Waals surface area contributed by atoms with E-state index in [1.807, 2.05) is 0 Å². The zero-order valence-electron chi connectivity index (χ0n) is 45.4. The molecule has 2 atom stereocenters. The van der Waals surface area contributed by atoms with Gasteiger partial charge in [-0.2, -0.15) is 0 Å². The Bertz CT molecular complexity index is 3220. The number of anilines is 5. The van der Waals surface area contributed by atoms with Crippen LogP contribution in [-0.4, -0.2) is 11.9 Å².